The first-order valence-corrected chi connectivity index (χ1v) is 7.18. The SMILES string of the molecule is CCN(Cc1ccccc1)c1nccc(NCCOC)n1. The first-order valence-electron chi connectivity index (χ1n) is 7.18. The molecule has 112 valence electrons. The van der Waals surface area contributed by atoms with E-state index >= 15 is 0 Å². The Morgan fingerprint density at radius 3 is 2.71 bits per heavy atom. The molecule has 0 saturated carbocycles. The van der Waals surface area contributed by atoms with Gasteiger partial charge in [-0.05, 0) is 18.6 Å². The minimum Gasteiger partial charge on any atom is -0.383 e. The fourth-order valence-electron chi connectivity index (χ4n) is 2.01. The molecule has 0 saturated heterocycles. The summed E-state index contributed by atoms with van der Waals surface area (Å²) in [5, 5.41) is 3.23. The Kier molecular flexibility index (Phi) is 5.97. The Morgan fingerprint density at radius 1 is 1.19 bits per heavy atom. The molecule has 1 aromatic heterocycles. The van der Waals surface area contributed by atoms with E-state index < -0.39 is 0 Å². The largest absolute Gasteiger partial charge is 0.383 e. The van der Waals surface area contributed by atoms with E-state index in [0.717, 1.165) is 31.4 Å². The van der Waals surface area contributed by atoms with Crippen LogP contribution in [0.4, 0.5) is 11.8 Å². The van der Waals surface area contributed by atoms with E-state index in [1.165, 1.54) is 5.56 Å². The van der Waals surface area contributed by atoms with Gasteiger partial charge < -0.3 is 15.0 Å². The van der Waals surface area contributed by atoms with Crippen LogP contribution in [0.5, 0.6) is 0 Å². The van der Waals surface area contributed by atoms with Crippen LogP contribution >= 0.6 is 0 Å². The molecule has 0 radical (unpaired) electrons. The van der Waals surface area contributed by atoms with Crippen LogP contribution in [-0.4, -0.2) is 36.8 Å². The summed E-state index contributed by atoms with van der Waals surface area (Å²) < 4.78 is 5.03. The van der Waals surface area contributed by atoms with Gasteiger partial charge in [-0.1, -0.05) is 30.3 Å². The van der Waals surface area contributed by atoms with Crippen LogP contribution < -0.4 is 10.2 Å². The van der Waals surface area contributed by atoms with Crippen molar-refractivity contribution in [2.75, 3.05) is 37.0 Å². The van der Waals surface area contributed by atoms with Crippen molar-refractivity contribution in [2.45, 2.75) is 13.5 Å². The molecular formula is C16H22N4O. The second kappa shape index (κ2) is 8.21. The molecule has 0 spiro atoms. The van der Waals surface area contributed by atoms with Gasteiger partial charge in [0.2, 0.25) is 5.95 Å². The van der Waals surface area contributed by atoms with E-state index in [4.69, 9.17) is 4.74 Å². The van der Waals surface area contributed by atoms with Gasteiger partial charge in [0.1, 0.15) is 5.82 Å². The molecule has 21 heavy (non-hydrogen) atoms. The number of rotatable bonds is 8. The summed E-state index contributed by atoms with van der Waals surface area (Å²) in [7, 11) is 1.69. The summed E-state index contributed by atoms with van der Waals surface area (Å²) in [6.45, 7) is 5.16. The lowest BCUT2D eigenvalue weighted by atomic mass is 10.2. The number of anilines is 2. The third-order valence-corrected chi connectivity index (χ3v) is 3.14. The normalized spacial score (nSPS) is 10.4. The monoisotopic (exact) mass is 286 g/mol. The van der Waals surface area contributed by atoms with Crippen molar-refractivity contribution in [3.63, 3.8) is 0 Å². The molecule has 5 nitrogen and oxygen atoms in total. The second-order valence-corrected chi connectivity index (χ2v) is 4.66. The van der Waals surface area contributed by atoms with Crippen molar-refractivity contribution in [3.05, 3.63) is 48.2 Å². The molecule has 5 heteroatoms. The lowest BCUT2D eigenvalue weighted by molar-refractivity contribution is 0.210. The summed E-state index contributed by atoms with van der Waals surface area (Å²) in [6, 6.07) is 12.2. The molecule has 1 N–H and O–H groups in total. The van der Waals surface area contributed by atoms with Crippen molar-refractivity contribution in [1.29, 1.82) is 0 Å². The predicted molar refractivity (Wildman–Crippen MR) is 85.6 cm³/mol. The molecule has 0 aliphatic carbocycles. The van der Waals surface area contributed by atoms with Crippen molar-refractivity contribution >= 4 is 11.8 Å². The van der Waals surface area contributed by atoms with E-state index in [1.54, 1.807) is 13.3 Å². The average Bonchev–Trinajstić information content (AvgIpc) is 2.54. The quantitative estimate of drug-likeness (QED) is 0.756. The molecule has 0 amide bonds. The molecule has 1 heterocycles. The number of hydrogen-bond donors (Lipinski definition) is 1. The minimum absolute atomic E-state index is 0.654. The van der Waals surface area contributed by atoms with Gasteiger partial charge in [0.15, 0.2) is 0 Å². The third-order valence-electron chi connectivity index (χ3n) is 3.14. The number of nitrogens with one attached hydrogen (secondary N) is 1. The van der Waals surface area contributed by atoms with Gasteiger partial charge in [-0.15, -0.1) is 0 Å². The van der Waals surface area contributed by atoms with Crippen LogP contribution in [-0.2, 0) is 11.3 Å². The second-order valence-electron chi connectivity index (χ2n) is 4.66. The maximum atomic E-state index is 5.03. The average molecular weight is 286 g/mol. The van der Waals surface area contributed by atoms with Crippen LogP contribution in [0, 0.1) is 0 Å². The van der Waals surface area contributed by atoms with Crippen molar-refractivity contribution in [2.24, 2.45) is 0 Å². The zero-order chi connectivity index (χ0) is 14.9. The van der Waals surface area contributed by atoms with Crippen LogP contribution in [0.1, 0.15) is 12.5 Å². The van der Waals surface area contributed by atoms with E-state index in [-0.39, 0.29) is 0 Å². The highest BCUT2D eigenvalue weighted by molar-refractivity contribution is 5.41. The van der Waals surface area contributed by atoms with Gasteiger partial charge in [0.05, 0.1) is 6.61 Å². The number of benzene rings is 1. The maximum Gasteiger partial charge on any atom is 0.227 e. The Balaban J connectivity index is 2.05. The Morgan fingerprint density at radius 2 is 2.00 bits per heavy atom. The Bertz CT molecular complexity index is 533. The smallest absolute Gasteiger partial charge is 0.227 e. The topological polar surface area (TPSA) is 50.3 Å². The Labute approximate surface area is 126 Å². The molecule has 0 unspecified atom stereocenters. The molecule has 0 aliphatic heterocycles. The first-order chi connectivity index (χ1) is 10.3. The molecule has 0 bridgehead atoms. The third kappa shape index (κ3) is 4.72. The zero-order valence-corrected chi connectivity index (χ0v) is 12.6. The van der Waals surface area contributed by atoms with Crippen molar-refractivity contribution in [1.82, 2.24) is 9.97 Å². The number of aromatic nitrogens is 2. The number of ether oxygens (including phenoxy) is 1. The van der Waals surface area contributed by atoms with E-state index in [2.05, 4.69) is 39.2 Å². The highest BCUT2D eigenvalue weighted by Gasteiger charge is 2.08. The Hall–Kier alpha value is -2.14. The van der Waals surface area contributed by atoms with Gasteiger partial charge in [-0.2, -0.15) is 4.98 Å². The molecule has 0 atom stereocenters. The summed E-state index contributed by atoms with van der Waals surface area (Å²) in [5.74, 6) is 1.56. The maximum absolute atomic E-state index is 5.03. The fraction of sp³-hybridized carbons (Fsp3) is 0.375. The lowest BCUT2D eigenvalue weighted by Gasteiger charge is -2.21. The molecule has 2 rings (SSSR count). The molecule has 0 fully saturated rings. The summed E-state index contributed by atoms with van der Waals surface area (Å²) >= 11 is 0. The predicted octanol–water partition coefficient (Wildman–Crippen LogP) is 2.56. The van der Waals surface area contributed by atoms with Crippen molar-refractivity contribution in [3.8, 4) is 0 Å². The van der Waals surface area contributed by atoms with Gasteiger partial charge in [-0.3, -0.25) is 0 Å². The molecule has 2 aromatic rings. The van der Waals surface area contributed by atoms with E-state index in [1.807, 2.05) is 24.3 Å². The van der Waals surface area contributed by atoms with Gasteiger partial charge in [-0.25, -0.2) is 4.98 Å². The van der Waals surface area contributed by atoms with Crippen molar-refractivity contribution < 1.29 is 4.74 Å². The highest BCUT2D eigenvalue weighted by atomic mass is 16.5. The molecule has 1 aromatic carbocycles. The van der Waals surface area contributed by atoms with Gasteiger partial charge >= 0.3 is 0 Å². The standard InChI is InChI=1S/C16H22N4O/c1-3-20(13-14-7-5-4-6-8-14)16-18-10-9-15(19-16)17-11-12-21-2/h4-10H,3,11-13H2,1-2H3,(H,17,18,19). The summed E-state index contributed by atoms with van der Waals surface area (Å²) in [4.78, 5) is 11.1. The van der Waals surface area contributed by atoms with Crippen LogP contribution in [0.2, 0.25) is 0 Å². The zero-order valence-electron chi connectivity index (χ0n) is 12.6. The van der Waals surface area contributed by atoms with Crippen LogP contribution in [0.25, 0.3) is 0 Å². The van der Waals surface area contributed by atoms with E-state index in [9.17, 15) is 0 Å². The molecular weight excluding hydrogens is 264 g/mol. The number of methoxy groups -OCH3 is 1. The lowest BCUT2D eigenvalue weighted by Crippen LogP contribution is -2.24. The fourth-order valence-corrected chi connectivity index (χ4v) is 2.01. The summed E-state index contributed by atoms with van der Waals surface area (Å²) in [5.41, 5.74) is 1.25. The highest BCUT2D eigenvalue weighted by Crippen LogP contribution is 2.14. The molecule has 0 aliphatic rings. The van der Waals surface area contributed by atoms with E-state index in [0.29, 0.717) is 6.61 Å². The van der Waals surface area contributed by atoms with Crippen LogP contribution in [0.3, 0.4) is 0 Å². The summed E-state index contributed by atoms with van der Waals surface area (Å²) in [6.07, 6.45) is 1.78. The van der Waals surface area contributed by atoms with Crippen LogP contribution in [0.15, 0.2) is 42.6 Å². The van der Waals surface area contributed by atoms with Gasteiger partial charge in [0, 0.05) is 32.9 Å². The minimum atomic E-state index is 0.654. The first kappa shape index (κ1) is 15.3. The van der Waals surface area contributed by atoms with Gasteiger partial charge in [0.25, 0.3) is 0 Å². The number of nitrogens with zero attached hydrogens (tertiary/aromatic N) is 3. The number of hydrogen-bond acceptors (Lipinski definition) is 5.